The highest BCUT2D eigenvalue weighted by molar-refractivity contribution is 5.90. The van der Waals surface area contributed by atoms with Gasteiger partial charge in [-0.15, -0.1) is 0 Å². The number of aromatic carboxylic acids is 1. The first-order valence-electron chi connectivity index (χ1n) is 4.53. The molecule has 76 valence electrons. The van der Waals surface area contributed by atoms with Crippen molar-refractivity contribution in [2.75, 3.05) is 0 Å². The molecule has 0 aromatic heterocycles. The van der Waals surface area contributed by atoms with Crippen molar-refractivity contribution in [3.8, 4) is 6.07 Å². The zero-order valence-electron chi connectivity index (χ0n) is 8.40. The molecule has 0 spiro atoms. The number of carboxylic acid groups (broad SMARTS) is 1. The predicted molar refractivity (Wildman–Crippen MR) is 57.4 cm³/mol. The maximum Gasteiger partial charge on any atom is 0.335 e. The van der Waals surface area contributed by atoms with Gasteiger partial charge in [0.2, 0.25) is 0 Å². The van der Waals surface area contributed by atoms with Gasteiger partial charge in [-0.1, -0.05) is 24.3 Å². The summed E-state index contributed by atoms with van der Waals surface area (Å²) in [4.78, 5) is 10.8. The fourth-order valence-electron chi connectivity index (χ4n) is 1.30. The van der Waals surface area contributed by atoms with Gasteiger partial charge < -0.3 is 5.11 Å². The summed E-state index contributed by atoms with van der Waals surface area (Å²) in [5, 5.41) is 17.2. The molecule has 1 aromatic rings. The second-order valence-corrected chi connectivity index (χ2v) is 3.09. The van der Waals surface area contributed by atoms with E-state index < -0.39 is 5.97 Å². The number of hydrogen-bond acceptors (Lipinski definition) is 2. The SMILES string of the molecule is Cc1c(C=CCC#N)cccc1C(=O)O. The normalized spacial score (nSPS) is 10.1. The molecule has 0 aliphatic carbocycles. The maximum atomic E-state index is 10.8. The summed E-state index contributed by atoms with van der Waals surface area (Å²) in [5.74, 6) is -0.928. The molecule has 0 unspecified atom stereocenters. The first-order chi connectivity index (χ1) is 7.16. The van der Waals surface area contributed by atoms with Gasteiger partial charge >= 0.3 is 5.97 Å². The van der Waals surface area contributed by atoms with E-state index in [9.17, 15) is 4.79 Å². The third kappa shape index (κ3) is 2.68. The summed E-state index contributed by atoms with van der Waals surface area (Å²) in [6, 6.07) is 7.09. The number of benzene rings is 1. The average molecular weight is 201 g/mol. The van der Waals surface area contributed by atoms with Crippen LogP contribution in [0.2, 0.25) is 0 Å². The Morgan fingerprint density at radius 3 is 2.93 bits per heavy atom. The fraction of sp³-hybridized carbons (Fsp3) is 0.167. The Morgan fingerprint density at radius 1 is 1.60 bits per heavy atom. The van der Waals surface area contributed by atoms with E-state index in [1.807, 2.05) is 12.1 Å². The van der Waals surface area contributed by atoms with E-state index in [2.05, 4.69) is 0 Å². The van der Waals surface area contributed by atoms with Gasteiger partial charge in [-0.25, -0.2) is 4.79 Å². The zero-order valence-corrected chi connectivity index (χ0v) is 8.40. The molecule has 0 aliphatic heterocycles. The molecular weight excluding hydrogens is 190 g/mol. The monoisotopic (exact) mass is 201 g/mol. The van der Waals surface area contributed by atoms with Crippen molar-refractivity contribution >= 4 is 12.0 Å². The highest BCUT2D eigenvalue weighted by Gasteiger charge is 2.07. The second-order valence-electron chi connectivity index (χ2n) is 3.09. The molecule has 0 saturated heterocycles. The molecule has 1 aromatic carbocycles. The van der Waals surface area contributed by atoms with Crippen LogP contribution in [-0.4, -0.2) is 11.1 Å². The molecule has 0 aliphatic rings. The second kappa shape index (κ2) is 4.97. The molecule has 0 atom stereocenters. The van der Waals surface area contributed by atoms with Crippen LogP contribution in [0.5, 0.6) is 0 Å². The van der Waals surface area contributed by atoms with E-state index in [0.29, 0.717) is 12.0 Å². The molecule has 1 rings (SSSR count). The molecule has 0 saturated carbocycles. The van der Waals surface area contributed by atoms with Gasteiger partial charge in [0.1, 0.15) is 0 Å². The minimum atomic E-state index is -0.928. The Kier molecular flexibility index (Phi) is 3.64. The molecule has 0 fully saturated rings. The van der Waals surface area contributed by atoms with Crippen LogP contribution in [0.1, 0.15) is 27.9 Å². The van der Waals surface area contributed by atoms with E-state index >= 15 is 0 Å². The van der Waals surface area contributed by atoms with Crippen LogP contribution in [0.15, 0.2) is 24.3 Å². The lowest BCUT2D eigenvalue weighted by Crippen LogP contribution is -2.00. The lowest BCUT2D eigenvalue weighted by atomic mass is 10.0. The number of rotatable bonds is 3. The first-order valence-corrected chi connectivity index (χ1v) is 4.53. The molecule has 3 nitrogen and oxygen atoms in total. The Labute approximate surface area is 88.3 Å². The van der Waals surface area contributed by atoms with Crippen LogP contribution < -0.4 is 0 Å². The van der Waals surface area contributed by atoms with Gasteiger partial charge in [0.25, 0.3) is 0 Å². The number of allylic oxidation sites excluding steroid dienone is 1. The van der Waals surface area contributed by atoms with Crippen molar-refractivity contribution in [2.45, 2.75) is 13.3 Å². The summed E-state index contributed by atoms with van der Waals surface area (Å²) < 4.78 is 0. The average Bonchev–Trinajstić information content (AvgIpc) is 2.20. The number of nitrogens with zero attached hydrogens (tertiary/aromatic N) is 1. The highest BCUT2D eigenvalue weighted by atomic mass is 16.4. The fourth-order valence-corrected chi connectivity index (χ4v) is 1.30. The molecule has 15 heavy (non-hydrogen) atoms. The van der Waals surface area contributed by atoms with Crippen molar-refractivity contribution < 1.29 is 9.90 Å². The largest absolute Gasteiger partial charge is 0.478 e. The first kappa shape index (κ1) is 11.0. The quantitative estimate of drug-likeness (QED) is 0.817. The minimum Gasteiger partial charge on any atom is -0.478 e. The Balaban J connectivity index is 3.06. The van der Waals surface area contributed by atoms with E-state index in [4.69, 9.17) is 10.4 Å². The maximum absolute atomic E-state index is 10.8. The van der Waals surface area contributed by atoms with E-state index in [-0.39, 0.29) is 0 Å². The molecule has 0 radical (unpaired) electrons. The number of hydrogen-bond donors (Lipinski definition) is 1. The summed E-state index contributed by atoms with van der Waals surface area (Å²) in [6.07, 6.45) is 3.82. The van der Waals surface area contributed by atoms with E-state index in [1.54, 1.807) is 31.2 Å². The lowest BCUT2D eigenvalue weighted by molar-refractivity contribution is 0.0696. The van der Waals surface area contributed by atoms with E-state index in [1.165, 1.54) is 0 Å². The van der Waals surface area contributed by atoms with Crippen molar-refractivity contribution in [3.63, 3.8) is 0 Å². The zero-order chi connectivity index (χ0) is 11.3. The molecule has 0 bridgehead atoms. The Morgan fingerprint density at radius 2 is 2.33 bits per heavy atom. The van der Waals surface area contributed by atoms with Crippen molar-refractivity contribution in [2.24, 2.45) is 0 Å². The number of carbonyl (C=O) groups is 1. The smallest absolute Gasteiger partial charge is 0.335 e. The van der Waals surface area contributed by atoms with Crippen molar-refractivity contribution in [1.29, 1.82) is 5.26 Å². The number of carboxylic acids is 1. The van der Waals surface area contributed by atoms with E-state index in [0.717, 1.165) is 11.1 Å². The van der Waals surface area contributed by atoms with Crippen LogP contribution in [-0.2, 0) is 0 Å². The highest BCUT2D eigenvalue weighted by Crippen LogP contribution is 2.15. The molecular formula is C12H11NO2. The van der Waals surface area contributed by atoms with Crippen LogP contribution in [0.4, 0.5) is 0 Å². The van der Waals surface area contributed by atoms with Gasteiger partial charge in [-0.05, 0) is 24.1 Å². The summed E-state index contributed by atoms with van der Waals surface area (Å²) >= 11 is 0. The van der Waals surface area contributed by atoms with Gasteiger partial charge in [0, 0.05) is 0 Å². The molecule has 0 heterocycles. The molecule has 3 heteroatoms. The third-order valence-corrected chi connectivity index (χ3v) is 2.11. The molecule has 0 amide bonds. The standard InChI is InChI=1S/C12H11NO2/c1-9-10(5-2-3-8-13)6-4-7-11(9)12(14)15/h2,4-7H,3H2,1H3,(H,14,15). The number of nitriles is 1. The molecule has 1 N–H and O–H groups in total. The van der Waals surface area contributed by atoms with Crippen molar-refractivity contribution in [3.05, 3.63) is 41.0 Å². The van der Waals surface area contributed by atoms with Crippen LogP contribution >= 0.6 is 0 Å². The van der Waals surface area contributed by atoms with Crippen molar-refractivity contribution in [1.82, 2.24) is 0 Å². The summed E-state index contributed by atoms with van der Waals surface area (Å²) in [6.45, 7) is 1.76. The summed E-state index contributed by atoms with van der Waals surface area (Å²) in [7, 11) is 0. The Hall–Kier alpha value is -2.08. The lowest BCUT2D eigenvalue weighted by Gasteiger charge is -2.03. The van der Waals surface area contributed by atoms with Gasteiger partial charge in [0.15, 0.2) is 0 Å². The topological polar surface area (TPSA) is 61.1 Å². The van der Waals surface area contributed by atoms with Crippen LogP contribution in [0, 0.1) is 18.3 Å². The third-order valence-electron chi connectivity index (χ3n) is 2.11. The Bertz CT molecular complexity index is 441. The summed E-state index contributed by atoms with van der Waals surface area (Å²) in [5.41, 5.74) is 1.86. The van der Waals surface area contributed by atoms with Crippen LogP contribution in [0.25, 0.3) is 6.08 Å². The van der Waals surface area contributed by atoms with Gasteiger partial charge in [0.05, 0.1) is 18.1 Å². The van der Waals surface area contributed by atoms with Crippen LogP contribution in [0.3, 0.4) is 0 Å². The van der Waals surface area contributed by atoms with Gasteiger partial charge in [-0.3, -0.25) is 0 Å². The minimum absolute atomic E-state index is 0.300. The predicted octanol–water partition coefficient (Wildman–Crippen LogP) is 2.62. The van der Waals surface area contributed by atoms with Gasteiger partial charge in [-0.2, -0.15) is 5.26 Å².